The van der Waals surface area contributed by atoms with Gasteiger partial charge in [-0.2, -0.15) is 0 Å². The van der Waals surface area contributed by atoms with Crippen LogP contribution in [0.5, 0.6) is 5.75 Å². The zero-order valence-corrected chi connectivity index (χ0v) is 15.8. The third kappa shape index (κ3) is 3.77. The third-order valence-electron chi connectivity index (χ3n) is 4.68. The summed E-state index contributed by atoms with van der Waals surface area (Å²) in [5.74, 6) is 0.665. The molecular weight excluding hydrogens is 364 g/mol. The Hall–Kier alpha value is -2.74. The SMILES string of the molecule is CC(C)Oc1ccn2c(-c3nc(N[C@H]4CNCC[C@@H]4F)ccc3F)cnc2c1. The van der Waals surface area contributed by atoms with Gasteiger partial charge in [-0.25, -0.2) is 18.7 Å². The van der Waals surface area contributed by atoms with E-state index >= 15 is 0 Å². The second kappa shape index (κ2) is 7.71. The molecule has 0 aliphatic carbocycles. The van der Waals surface area contributed by atoms with E-state index in [2.05, 4.69) is 20.6 Å². The molecule has 1 aliphatic heterocycles. The Kier molecular flexibility index (Phi) is 5.13. The highest BCUT2D eigenvalue weighted by Gasteiger charge is 2.25. The van der Waals surface area contributed by atoms with Crippen molar-refractivity contribution in [3.8, 4) is 17.1 Å². The first-order valence-electron chi connectivity index (χ1n) is 9.43. The lowest BCUT2D eigenvalue weighted by atomic mass is 10.1. The van der Waals surface area contributed by atoms with Crippen LogP contribution in [0.1, 0.15) is 20.3 Å². The van der Waals surface area contributed by atoms with Crippen LogP contribution in [0.2, 0.25) is 0 Å². The number of fused-ring (bicyclic) bond motifs is 1. The number of hydrogen-bond acceptors (Lipinski definition) is 5. The number of imidazole rings is 1. The molecule has 8 heteroatoms. The summed E-state index contributed by atoms with van der Waals surface area (Å²) in [5, 5.41) is 6.23. The van der Waals surface area contributed by atoms with Crippen LogP contribution in [0.4, 0.5) is 14.6 Å². The standard InChI is InChI=1S/C20H23F2N5O/c1-12(2)28-13-6-8-27-17(11-24-19(27)9-13)20-15(22)3-4-18(26-20)25-16-10-23-7-5-14(16)21/h3-4,6,8-9,11-12,14,16,23H,5,7,10H2,1-2H3,(H,25,26)/t14-,16-/m0/s1. The van der Waals surface area contributed by atoms with Crippen molar-refractivity contribution in [1.29, 1.82) is 0 Å². The van der Waals surface area contributed by atoms with Crippen LogP contribution >= 0.6 is 0 Å². The first-order valence-corrected chi connectivity index (χ1v) is 9.43. The van der Waals surface area contributed by atoms with Crippen LogP contribution in [0.25, 0.3) is 17.0 Å². The zero-order chi connectivity index (χ0) is 19.7. The molecule has 0 bridgehead atoms. The lowest BCUT2D eigenvalue weighted by Gasteiger charge is -2.28. The molecule has 1 saturated heterocycles. The van der Waals surface area contributed by atoms with Gasteiger partial charge in [0.2, 0.25) is 0 Å². The molecule has 4 heterocycles. The molecule has 0 unspecified atom stereocenters. The topological polar surface area (TPSA) is 63.5 Å². The molecule has 2 atom stereocenters. The van der Waals surface area contributed by atoms with Crippen molar-refractivity contribution >= 4 is 11.5 Å². The minimum Gasteiger partial charge on any atom is -0.491 e. The highest BCUT2D eigenvalue weighted by Crippen LogP contribution is 2.26. The van der Waals surface area contributed by atoms with Gasteiger partial charge in [0.15, 0.2) is 5.82 Å². The number of ether oxygens (including phenoxy) is 1. The Labute approximate surface area is 162 Å². The van der Waals surface area contributed by atoms with Gasteiger partial charge < -0.3 is 15.4 Å². The largest absolute Gasteiger partial charge is 0.491 e. The van der Waals surface area contributed by atoms with E-state index in [0.29, 0.717) is 42.4 Å². The molecule has 0 spiro atoms. The first kappa shape index (κ1) is 18.6. The maximum absolute atomic E-state index is 14.5. The highest BCUT2D eigenvalue weighted by atomic mass is 19.1. The van der Waals surface area contributed by atoms with Crippen LogP contribution in [0, 0.1) is 5.82 Å². The molecule has 4 rings (SSSR count). The Balaban J connectivity index is 1.65. The number of nitrogens with zero attached hydrogens (tertiary/aromatic N) is 3. The fraction of sp³-hybridized carbons (Fsp3) is 0.400. The van der Waals surface area contributed by atoms with Gasteiger partial charge >= 0.3 is 0 Å². The Morgan fingerprint density at radius 1 is 1.32 bits per heavy atom. The average Bonchev–Trinajstić information content (AvgIpc) is 3.07. The van der Waals surface area contributed by atoms with Crippen molar-refractivity contribution in [2.75, 3.05) is 18.4 Å². The zero-order valence-electron chi connectivity index (χ0n) is 15.8. The Morgan fingerprint density at radius 3 is 2.96 bits per heavy atom. The predicted molar refractivity (Wildman–Crippen MR) is 104 cm³/mol. The van der Waals surface area contributed by atoms with Crippen molar-refractivity contribution in [3.63, 3.8) is 0 Å². The van der Waals surface area contributed by atoms with Gasteiger partial charge in [0.25, 0.3) is 0 Å². The van der Waals surface area contributed by atoms with Gasteiger partial charge in [0, 0.05) is 18.8 Å². The highest BCUT2D eigenvalue weighted by molar-refractivity contribution is 5.63. The summed E-state index contributed by atoms with van der Waals surface area (Å²) in [6.07, 6.45) is 2.88. The minimum absolute atomic E-state index is 0.0485. The number of alkyl halides is 1. The second-order valence-electron chi connectivity index (χ2n) is 7.19. The summed E-state index contributed by atoms with van der Waals surface area (Å²) < 4.78 is 36.1. The summed E-state index contributed by atoms with van der Waals surface area (Å²) in [4.78, 5) is 8.74. The second-order valence-corrected chi connectivity index (χ2v) is 7.19. The quantitative estimate of drug-likeness (QED) is 0.702. The molecule has 2 N–H and O–H groups in total. The summed E-state index contributed by atoms with van der Waals surface area (Å²) in [5.41, 5.74) is 1.31. The van der Waals surface area contributed by atoms with E-state index in [0.717, 1.165) is 0 Å². The van der Waals surface area contributed by atoms with Crippen LogP contribution < -0.4 is 15.4 Å². The van der Waals surface area contributed by atoms with Crippen LogP contribution in [-0.2, 0) is 0 Å². The summed E-state index contributed by atoms with van der Waals surface area (Å²) in [6.45, 7) is 5.06. The van der Waals surface area contributed by atoms with Crippen molar-refractivity contribution in [3.05, 3.63) is 42.5 Å². The van der Waals surface area contributed by atoms with Gasteiger partial charge in [-0.15, -0.1) is 0 Å². The van der Waals surface area contributed by atoms with Gasteiger partial charge in [0.1, 0.15) is 29.1 Å². The van der Waals surface area contributed by atoms with E-state index in [1.807, 2.05) is 13.8 Å². The smallest absolute Gasteiger partial charge is 0.151 e. The molecule has 28 heavy (non-hydrogen) atoms. The molecule has 148 valence electrons. The third-order valence-corrected chi connectivity index (χ3v) is 4.68. The van der Waals surface area contributed by atoms with E-state index in [4.69, 9.17) is 4.74 Å². The lowest BCUT2D eigenvalue weighted by molar-refractivity contribution is 0.241. The number of anilines is 1. The molecular formula is C20H23F2N5O. The maximum Gasteiger partial charge on any atom is 0.151 e. The number of halogens is 2. The van der Waals surface area contributed by atoms with Crippen LogP contribution in [0.3, 0.4) is 0 Å². The normalized spacial score (nSPS) is 19.9. The molecule has 0 amide bonds. The van der Waals surface area contributed by atoms with Crippen LogP contribution in [-0.4, -0.2) is 45.8 Å². The van der Waals surface area contributed by atoms with Crippen LogP contribution in [0.15, 0.2) is 36.7 Å². The molecule has 3 aromatic rings. The fourth-order valence-corrected chi connectivity index (χ4v) is 3.34. The minimum atomic E-state index is -0.966. The van der Waals surface area contributed by atoms with Gasteiger partial charge in [0.05, 0.1) is 24.0 Å². The van der Waals surface area contributed by atoms with E-state index < -0.39 is 18.0 Å². The summed E-state index contributed by atoms with van der Waals surface area (Å²) >= 11 is 0. The molecule has 0 saturated carbocycles. The molecule has 1 aliphatic rings. The Morgan fingerprint density at radius 2 is 2.18 bits per heavy atom. The van der Waals surface area contributed by atoms with Crippen molar-refractivity contribution in [1.82, 2.24) is 19.7 Å². The first-order chi connectivity index (χ1) is 13.5. The fourth-order valence-electron chi connectivity index (χ4n) is 3.34. The molecule has 0 aromatic carbocycles. The average molecular weight is 387 g/mol. The van der Waals surface area contributed by atoms with Crippen molar-refractivity contribution in [2.24, 2.45) is 0 Å². The number of nitrogens with one attached hydrogen (secondary N) is 2. The number of pyridine rings is 2. The monoisotopic (exact) mass is 387 g/mol. The van der Waals surface area contributed by atoms with Gasteiger partial charge in [-0.05, 0) is 45.0 Å². The number of rotatable bonds is 5. The number of aromatic nitrogens is 3. The lowest BCUT2D eigenvalue weighted by Crippen LogP contribution is -2.46. The van der Waals surface area contributed by atoms with E-state index in [-0.39, 0.29) is 11.8 Å². The van der Waals surface area contributed by atoms with E-state index in [9.17, 15) is 8.78 Å². The number of hydrogen-bond donors (Lipinski definition) is 2. The van der Waals surface area contributed by atoms with Crippen molar-refractivity contribution in [2.45, 2.75) is 38.6 Å². The molecule has 3 aromatic heterocycles. The maximum atomic E-state index is 14.5. The summed E-state index contributed by atoms with van der Waals surface area (Å²) in [7, 11) is 0. The predicted octanol–water partition coefficient (Wildman–Crippen LogP) is 3.43. The molecule has 0 radical (unpaired) electrons. The van der Waals surface area contributed by atoms with Crippen molar-refractivity contribution < 1.29 is 13.5 Å². The number of piperidine rings is 1. The summed E-state index contributed by atoms with van der Waals surface area (Å²) in [6, 6.07) is 6.07. The molecule has 6 nitrogen and oxygen atoms in total. The Bertz CT molecular complexity index is 974. The van der Waals surface area contributed by atoms with Gasteiger partial charge in [-0.3, -0.25) is 4.40 Å². The van der Waals surface area contributed by atoms with E-state index in [1.54, 1.807) is 28.9 Å². The van der Waals surface area contributed by atoms with E-state index in [1.165, 1.54) is 12.1 Å². The molecule has 1 fully saturated rings. The van der Waals surface area contributed by atoms with Gasteiger partial charge in [-0.1, -0.05) is 0 Å².